The van der Waals surface area contributed by atoms with Gasteiger partial charge in [0.15, 0.2) is 12.6 Å². The number of guanidine groups is 1. The van der Waals surface area contributed by atoms with Crippen LogP contribution in [0, 0.1) is 17.8 Å². The second kappa shape index (κ2) is 26.0. The molecule has 0 spiro atoms. The minimum absolute atomic E-state index is 0.0602. The highest BCUT2D eigenvalue weighted by Gasteiger charge is 2.31. The summed E-state index contributed by atoms with van der Waals surface area (Å²) in [4.78, 5) is 59.1. The zero-order valence-electron chi connectivity index (χ0n) is 38.6. The van der Waals surface area contributed by atoms with E-state index in [1.807, 2.05) is 88.4 Å². The number of esters is 1. The highest BCUT2D eigenvalue weighted by Crippen LogP contribution is 2.45. The Kier molecular flexibility index (Phi) is 20.6. The number of carbonyl (C=O) groups excluding carboxylic acids is 4. The first-order chi connectivity index (χ1) is 30.7. The first-order valence-corrected chi connectivity index (χ1v) is 22.8. The Bertz CT molecular complexity index is 2170. The minimum atomic E-state index is -1.08. The monoisotopic (exact) mass is 882 g/mol. The van der Waals surface area contributed by atoms with Crippen LogP contribution in [0.5, 0.6) is 11.5 Å². The summed E-state index contributed by atoms with van der Waals surface area (Å²) in [6.07, 6.45) is 3.79. The zero-order valence-corrected chi connectivity index (χ0v) is 38.6. The maximum Gasteiger partial charge on any atom is 0.328 e. The highest BCUT2D eigenvalue weighted by atomic mass is 16.5. The Hall–Kier alpha value is -5.89. The van der Waals surface area contributed by atoms with E-state index in [9.17, 15) is 19.2 Å². The van der Waals surface area contributed by atoms with Crippen LogP contribution in [0.15, 0.2) is 77.8 Å². The number of fused-ring (bicyclic) bond motifs is 2. The number of carbonyl (C=O) groups is 4. The van der Waals surface area contributed by atoms with Crippen molar-refractivity contribution in [1.82, 2.24) is 16.0 Å². The number of ether oxygens (including phenoxy) is 3. The van der Waals surface area contributed by atoms with Crippen LogP contribution < -0.4 is 42.6 Å². The van der Waals surface area contributed by atoms with E-state index < -0.39 is 48.4 Å². The predicted molar refractivity (Wildman–Crippen MR) is 256 cm³/mol. The summed E-state index contributed by atoms with van der Waals surface area (Å²) >= 11 is 0. The van der Waals surface area contributed by atoms with Crippen molar-refractivity contribution in [2.75, 3.05) is 32.9 Å². The molecule has 348 valence electrons. The second-order valence-electron chi connectivity index (χ2n) is 17.6. The second-order valence-corrected chi connectivity index (χ2v) is 17.6. The average Bonchev–Trinajstić information content (AvgIpc) is 3.25. The quantitative estimate of drug-likeness (QED) is 0.0160. The number of hydrogen-bond acceptors (Lipinski definition) is 9. The zero-order chi connectivity index (χ0) is 46.6. The number of nitrogens with zero attached hydrogens (tertiary/aromatic N) is 1. The predicted octanol–water partition coefficient (Wildman–Crippen LogP) is 6.74. The van der Waals surface area contributed by atoms with Gasteiger partial charge < -0.3 is 47.4 Å². The Balaban J connectivity index is 1.60. The number of unbranched alkanes of at least 4 members (excludes halogenated alkanes) is 1. The maximum absolute atomic E-state index is 14.1. The van der Waals surface area contributed by atoms with Crippen LogP contribution in [0.4, 0.5) is 0 Å². The van der Waals surface area contributed by atoms with Crippen molar-refractivity contribution < 1.29 is 33.4 Å². The summed E-state index contributed by atoms with van der Waals surface area (Å²) in [7, 11) is 0. The molecule has 0 bridgehead atoms. The van der Waals surface area contributed by atoms with Gasteiger partial charge in [-0.25, -0.2) is 4.79 Å². The molecule has 14 nitrogen and oxygen atoms in total. The van der Waals surface area contributed by atoms with Gasteiger partial charge in [0.1, 0.15) is 29.6 Å². The average molecular weight is 882 g/mol. The Morgan fingerprint density at radius 2 is 1.12 bits per heavy atom. The smallest absolute Gasteiger partial charge is 0.328 e. The molecule has 0 heterocycles. The molecule has 0 unspecified atom stereocenters. The van der Waals surface area contributed by atoms with Crippen LogP contribution in [-0.4, -0.2) is 80.7 Å². The third kappa shape index (κ3) is 16.0. The molecule has 3 atom stereocenters. The Morgan fingerprint density at radius 1 is 0.594 bits per heavy atom. The number of nitrogens with two attached hydrogens (primary N) is 3. The van der Waals surface area contributed by atoms with Crippen molar-refractivity contribution in [3.63, 3.8) is 0 Å². The molecule has 0 saturated carbocycles. The molecule has 4 rings (SSSR count). The fraction of sp³-hybridized carbons (Fsp3) is 0.500. The van der Waals surface area contributed by atoms with Crippen molar-refractivity contribution in [1.29, 1.82) is 0 Å². The standard InChI is InChI=1S/C50H71N7O7/c1-32(2)24-28-62-42-22-20-35-14-7-9-16-37(35)45(42)46-38-17-10-8-15-36(38)21-23-43(46)64-31-44(58)55-39(18-11-12-26-51)47(59)56-40(19-13-27-54-50(52)53)48(60)57-41(30-34(5)6)49(61)63-29-25-33(3)4/h7-10,14-17,20-23,32-34,39-41H,11-13,18-19,24-31,51H2,1-6H3,(H,55,58)(H,56,59)(H,57,60)(H4,52,53,54)/t39-,40-,41+/m0/s1. The molecule has 0 aliphatic carbocycles. The number of rotatable bonds is 27. The van der Waals surface area contributed by atoms with E-state index >= 15 is 0 Å². The molecule has 0 aromatic heterocycles. The van der Waals surface area contributed by atoms with Crippen molar-refractivity contribution in [3.05, 3.63) is 72.8 Å². The summed E-state index contributed by atoms with van der Waals surface area (Å²) < 4.78 is 18.4. The summed E-state index contributed by atoms with van der Waals surface area (Å²) in [5.74, 6) is -0.281. The molecule has 0 saturated heterocycles. The minimum Gasteiger partial charge on any atom is -0.493 e. The van der Waals surface area contributed by atoms with Crippen molar-refractivity contribution in [2.24, 2.45) is 39.9 Å². The van der Waals surface area contributed by atoms with Crippen LogP contribution >= 0.6 is 0 Å². The van der Waals surface area contributed by atoms with Crippen LogP contribution in [-0.2, 0) is 23.9 Å². The lowest BCUT2D eigenvalue weighted by molar-refractivity contribution is -0.149. The van der Waals surface area contributed by atoms with Gasteiger partial charge in [0, 0.05) is 17.7 Å². The number of aliphatic imine (C=N–C) groups is 1. The van der Waals surface area contributed by atoms with Gasteiger partial charge in [-0.1, -0.05) is 102 Å². The summed E-state index contributed by atoms with van der Waals surface area (Å²) in [5, 5.41) is 12.5. The SMILES string of the molecule is CC(C)CCOC(=O)[C@@H](CC(C)C)NC(=O)[C@H](CCCN=C(N)N)NC(=O)[C@H](CCCCN)NC(=O)COc1ccc2ccccc2c1-c1c(OCCC(C)C)ccc2ccccc12. The lowest BCUT2D eigenvalue weighted by atomic mass is 9.92. The number of hydrogen-bond donors (Lipinski definition) is 6. The fourth-order valence-corrected chi connectivity index (χ4v) is 7.30. The van der Waals surface area contributed by atoms with Crippen LogP contribution in [0.1, 0.15) is 92.9 Å². The molecular weight excluding hydrogens is 811 g/mol. The third-order valence-electron chi connectivity index (χ3n) is 10.8. The largest absolute Gasteiger partial charge is 0.493 e. The molecule has 14 heteroatoms. The van der Waals surface area contributed by atoms with E-state index in [-0.39, 0.29) is 37.9 Å². The van der Waals surface area contributed by atoms with Gasteiger partial charge in [0.05, 0.1) is 13.2 Å². The van der Waals surface area contributed by atoms with Crippen LogP contribution in [0.2, 0.25) is 0 Å². The van der Waals surface area contributed by atoms with E-state index in [0.717, 1.165) is 39.1 Å². The van der Waals surface area contributed by atoms with Crippen LogP contribution in [0.3, 0.4) is 0 Å². The Morgan fingerprint density at radius 3 is 1.69 bits per heavy atom. The molecular formula is C50H71N7O7. The normalized spacial score (nSPS) is 12.8. The Labute approximate surface area is 378 Å². The van der Waals surface area contributed by atoms with Gasteiger partial charge in [-0.2, -0.15) is 0 Å². The fourth-order valence-electron chi connectivity index (χ4n) is 7.30. The van der Waals surface area contributed by atoms with Crippen molar-refractivity contribution >= 4 is 51.2 Å². The molecule has 0 aliphatic rings. The molecule has 4 aromatic rings. The molecule has 4 aromatic carbocycles. The van der Waals surface area contributed by atoms with Crippen molar-refractivity contribution in [2.45, 2.75) is 111 Å². The molecule has 64 heavy (non-hydrogen) atoms. The summed E-state index contributed by atoms with van der Waals surface area (Å²) in [6, 6.07) is 20.9. The van der Waals surface area contributed by atoms with E-state index in [4.69, 9.17) is 31.4 Å². The van der Waals surface area contributed by atoms with Gasteiger partial charge in [0.2, 0.25) is 11.8 Å². The van der Waals surface area contributed by atoms with Gasteiger partial charge in [-0.15, -0.1) is 0 Å². The molecule has 3 amide bonds. The summed E-state index contributed by atoms with van der Waals surface area (Å²) in [6.45, 7) is 13.2. The van der Waals surface area contributed by atoms with E-state index in [1.165, 1.54) is 0 Å². The maximum atomic E-state index is 14.1. The lowest BCUT2D eigenvalue weighted by Gasteiger charge is -2.26. The van der Waals surface area contributed by atoms with Gasteiger partial charge >= 0.3 is 5.97 Å². The topological polar surface area (TPSA) is 222 Å². The first kappa shape index (κ1) is 50.8. The molecule has 0 radical (unpaired) electrons. The van der Waals surface area contributed by atoms with Crippen molar-refractivity contribution in [3.8, 4) is 22.6 Å². The van der Waals surface area contributed by atoms with Gasteiger partial charge in [0.25, 0.3) is 5.91 Å². The third-order valence-corrected chi connectivity index (χ3v) is 10.8. The van der Waals surface area contributed by atoms with Gasteiger partial charge in [-0.05, 0) is 109 Å². The summed E-state index contributed by atoms with van der Waals surface area (Å²) in [5.41, 5.74) is 18.5. The highest BCUT2D eigenvalue weighted by molar-refractivity contribution is 6.10. The van der Waals surface area contributed by atoms with E-state index in [0.29, 0.717) is 68.6 Å². The number of amides is 3. The molecule has 0 aliphatic heterocycles. The van der Waals surface area contributed by atoms with E-state index in [1.54, 1.807) is 0 Å². The van der Waals surface area contributed by atoms with Gasteiger partial charge in [-0.3, -0.25) is 19.4 Å². The molecule has 0 fully saturated rings. The number of benzene rings is 4. The lowest BCUT2D eigenvalue weighted by Crippen LogP contribution is -2.56. The van der Waals surface area contributed by atoms with E-state index in [2.05, 4.69) is 46.9 Å². The van der Waals surface area contributed by atoms with Crippen LogP contribution in [0.25, 0.3) is 32.7 Å². The first-order valence-electron chi connectivity index (χ1n) is 22.8. The molecule has 9 N–H and O–H groups in total. The number of nitrogens with one attached hydrogen (secondary N) is 3.